The molecule has 126 valence electrons. The number of piperidine rings is 1. The second-order valence-electron chi connectivity index (χ2n) is 6.80. The van der Waals surface area contributed by atoms with Crippen LogP contribution in [0.3, 0.4) is 0 Å². The fourth-order valence-electron chi connectivity index (χ4n) is 3.43. The Labute approximate surface area is 138 Å². The van der Waals surface area contributed by atoms with Crippen LogP contribution in [-0.4, -0.2) is 42.8 Å². The predicted octanol–water partition coefficient (Wildman–Crippen LogP) is 2.18. The Hall–Kier alpha value is -1.69. The van der Waals surface area contributed by atoms with E-state index in [1.807, 2.05) is 16.4 Å². The molecule has 0 radical (unpaired) electrons. The number of likely N-dealkylation sites (tertiary alicyclic amines) is 1. The van der Waals surface area contributed by atoms with Gasteiger partial charge in [-0.3, -0.25) is 14.3 Å². The van der Waals surface area contributed by atoms with Crippen LogP contribution in [0.1, 0.15) is 43.3 Å². The van der Waals surface area contributed by atoms with Gasteiger partial charge in [-0.2, -0.15) is 5.10 Å². The largest absolute Gasteiger partial charge is 0.298 e. The Morgan fingerprint density at radius 2 is 2.04 bits per heavy atom. The summed E-state index contributed by atoms with van der Waals surface area (Å²) in [4.78, 5) is 2.54. The Morgan fingerprint density at radius 3 is 2.70 bits per heavy atom. The van der Waals surface area contributed by atoms with Crippen molar-refractivity contribution in [1.29, 1.82) is 0 Å². The summed E-state index contributed by atoms with van der Waals surface area (Å²) in [5.74, 6) is 0.718. The van der Waals surface area contributed by atoms with Gasteiger partial charge in [-0.1, -0.05) is 18.6 Å². The third-order valence-corrected chi connectivity index (χ3v) is 4.73. The van der Waals surface area contributed by atoms with Gasteiger partial charge in [0.05, 0.1) is 17.1 Å². The van der Waals surface area contributed by atoms with Gasteiger partial charge in [-0.15, -0.1) is 5.10 Å². The van der Waals surface area contributed by atoms with Crippen molar-refractivity contribution in [1.82, 2.24) is 29.7 Å². The molecule has 6 heteroatoms. The van der Waals surface area contributed by atoms with Crippen LogP contribution in [0.15, 0.2) is 12.3 Å². The molecular weight excluding hydrogens is 288 g/mol. The number of aryl methyl sites for hydroxylation is 3. The summed E-state index contributed by atoms with van der Waals surface area (Å²) in [6.07, 6.45) is 6.75. The molecule has 2 aromatic rings. The molecule has 0 bridgehead atoms. The van der Waals surface area contributed by atoms with Crippen LogP contribution in [-0.2, 0) is 26.6 Å². The molecule has 0 amide bonds. The Bertz CT molecular complexity index is 621. The highest BCUT2D eigenvalue weighted by Crippen LogP contribution is 2.20. The minimum absolute atomic E-state index is 0.718. The lowest BCUT2D eigenvalue weighted by Crippen LogP contribution is -2.35. The second-order valence-corrected chi connectivity index (χ2v) is 6.80. The van der Waals surface area contributed by atoms with Crippen molar-refractivity contribution in [3.05, 3.63) is 29.3 Å². The molecule has 3 heterocycles. The first kappa shape index (κ1) is 16.2. The van der Waals surface area contributed by atoms with Crippen LogP contribution < -0.4 is 0 Å². The van der Waals surface area contributed by atoms with Crippen LogP contribution in [0.2, 0.25) is 0 Å². The zero-order chi connectivity index (χ0) is 16.2. The Morgan fingerprint density at radius 1 is 1.26 bits per heavy atom. The molecule has 3 rings (SSSR count). The van der Waals surface area contributed by atoms with Crippen molar-refractivity contribution in [3.63, 3.8) is 0 Å². The van der Waals surface area contributed by atoms with Crippen LogP contribution in [0.25, 0.3) is 0 Å². The van der Waals surface area contributed by atoms with E-state index in [9.17, 15) is 0 Å². The number of hydrogen-bond donors (Lipinski definition) is 0. The normalized spacial score (nSPS) is 17.0. The fourth-order valence-corrected chi connectivity index (χ4v) is 3.43. The second kappa shape index (κ2) is 7.25. The molecule has 1 aliphatic rings. The van der Waals surface area contributed by atoms with Crippen molar-refractivity contribution in [2.24, 2.45) is 13.0 Å². The molecule has 2 aromatic heterocycles. The molecule has 0 saturated carbocycles. The smallest absolute Gasteiger partial charge is 0.0827 e. The maximum Gasteiger partial charge on any atom is 0.0827 e. The number of aromatic nitrogens is 5. The highest BCUT2D eigenvalue weighted by molar-refractivity contribution is 5.08. The molecule has 0 unspecified atom stereocenters. The lowest BCUT2D eigenvalue weighted by molar-refractivity contribution is 0.161. The van der Waals surface area contributed by atoms with Crippen molar-refractivity contribution < 1.29 is 0 Å². The molecule has 0 N–H and O–H groups in total. The van der Waals surface area contributed by atoms with Gasteiger partial charge in [0.1, 0.15) is 0 Å². The molecule has 1 aliphatic heterocycles. The van der Waals surface area contributed by atoms with Crippen molar-refractivity contribution in [2.45, 2.75) is 52.6 Å². The highest BCUT2D eigenvalue weighted by atomic mass is 15.4. The minimum atomic E-state index is 0.718. The standard InChI is InChI=1S/C17H28N6/c1-4-5-16-12-23(20-18-16)11-15-6-8-22(9-7-15)13-17-10-14(2)19-21(17)3/h10,12,15H,4-9,11,13H2,1-3H3. The summed E-state index contributed by atoms with van der Waals surface area (Å²) in [7, 11) is 2.04. The van der Waals surface area contributed by atoms with Gasteiger partial charge in [0.25, 0.3) is 0 Å². The average molecular weight is 316 g/mol. The number of nitrogens with zero attached hydrogens (tertiary/aromatic N) is 6. The van der Waals surface area contributed by atoms with E-state index in [4.69, 9.17) is 0 Å². The van der Waals surface area contributed by atoms with E-state index in [1.54, 1.807) is 0 Å². The summed E-state index contributed by atoms with van der Waals surface area (Å²) >= 11 is 0. The lowest BCUT2D eigenvalue weighted by Gasteiger charge is -2.31. The Kier molecular flexibility index (Phi) is 5.10. The maximum atomic E-state index is 4.44. The number of hydrogen-bond acceptors (Lipinski definition) is 4. The zero-order valence-corrected chi connectivity index (χ0v) is 14.6. The molecule has 0 aliphatic carbocycles. The molecule has 23 heavy (non-hydrogen) atoms. The molecule has 1 fully saturated rings. The van der Waals surface area contributed by atoms with Crippen molar-refractivity contribution in [3.8, 4) is 0 Å². The van der Waals surface area contributed by atoms with Gasteiger partial charge in [0.2, 0.25) is 0 Å². The topological polar surface area (TPSA) is 51.8 Å². The van der Waals surface area contributed by atoms with Crippen LogP contribution in [0.4, 0.5) is 0 Å². The van der Waals surface area contributed by atoms with Gasteiger partial charge in [0, 0.05) is 26.3 Å². The van der Waals surface area contributed by atoms with Crippen molar-refractivity contribution in [2.75, 3.05) is 13.1 Å². The molecule has 0 spiro atoms. The van der Waals surface area contributed by atoms with E-state index >= 15 is 0 Å². The van der Waals surface area contributed by atoms with Crippen LogP contribution in [0, 0.1) is 12.8 Å². The van der Waals surface area contributed by atoms with Crippen LogP contribution in [0.5, 0.6) is 0 Å². The first-order chi connectivity index (χ1) is 11.1. The van der Waals surface area contributed by atoms with E-state index in [0.29, 0.717) is 0 Å². The lowest BCUT2D eigenvalue weighted by atomic mass is 9.97. The molecule has 1 saturated heterocycles. The first-order valence-electron chi connectivity index (χ1n) is 8.75. The Balaban J connectivity index is 1.47. The maximum absolute atomic E-state index is 4.44. The zero-order valence-electron chi connectivity index (χ0n) is 14.6. The average Bonchev–Trinajstić information content (AvgIpc) is 3.08. The van der Waals surface area contributed by atoms with Crippen LogP contribution >= 0.6 is 0 Å². The predicted molar refractivity (Wildman–Crippen MR) is 90.0 cm³/mol. The summed E-state index contributed by atoms with van der Waals surface area (Å²) in [5, 5.41) is 13.0. The highest BCUT2D eigenvalue weighted by Gasteiger charge is 2.21. The van der Waals surface area contributed by atoms with E-state index in [-0.39, 0.29) is 0 Å². The van der Waals surface area contributed by atoms with Gasteiger partial charge in [0.15, 0.2) is 0 Å². The third kappa shape index (κ3) is 4.19. The van der Waals surface area contributed by atoms with Gasteiger partial charge in [-0.25, -0.2) is 0 Å². The summed E-state index contributed by atoms with van der Waals surface area (Å²) < 4.78 is 4.04. The third-order valence-electron chi connectivity index (χ3n) is 4.73. The molecular formula is C17H28N6. The fraction of sp³-hybridized carbons (Fsp3) is 0.706. The van der Waals surface area contributed by atoms with E-state index < -0.39 is 0 Å². The molecule has 6 nitrogen and oxygen atoms in total. The van der Waals surface area contributed by atoms with E-state index in [1.165, 1.54) is 18.5 Å². The molecule has 0 aromatic carbocycles. The van der Waals surface area contributed by atoms with Gasteiger partial charge >= 0.3 is 0 Å². The minimum Gasteiger partial charge on any atom is -0.298 e. The quantitative estimate of drug-likeness (QED) is 0.820. The van der Waals surface area contributed by atoms with Gasteiger partial charge < -0.3 is 0 Å². The van der Waals surface area contributed by atoms with E-state index in [2.05, 4.69) is 46.4 Å². The van der Waals surface area contributed by atoms with E-state index in [0.717, 1.165) is 56.3 Å². The monoisotopic (exact) mass is 316 g/mol. The summed E-state index contributed by atoms with van der Waals surface area (Å²) in [6.45, 7) is 8.57. The SMILES string of the molecule is CCCc1cn(CC2CCN(Cc3cc(C)nn3C)CC2)nn1. The van der Waals surface area contributed by atoms with Gasteiger partial charge in [-0.05, 0) is 51.3 Å². The summed E-state index contributed by atoms with van der Waals surface area (Å²) in [6, 6.07) is 2.19. The number of rotatable bonds is 6. The summed E-state index contributed by atoms with van der Waals surface area (Å²) in [5.41, 5.74) is 3.53. The molecule has 0 atom stereocenters. The first-order valence-corrected chi connectivity index (χ1v) is 8.75. The van der Waals surface area contributed by atoms with Crippen molar-refractivity contribution >= 4 is 0 Å².